The molecule has 0 saturated carbocycles. The summed E-state index contributed by atoms with van der Waals surface area (Å²) in [5.41, 5.74) is 2.18. The molecule has 0 saturated heterocycles. The third-order valence-electron chi connectivity index (χ3n) is 4.64. The van der Waals surface area contributed by atoms with E-state index in [1.165, 1.54) is 24.6 Å². The number of rotatable bonds is 10. The van der Waals surface area contributed by atoms with Gasteiger partial charge in [-0.15, -0.1) is 0 Å². The summed E-state index contributed by atoms with van der Waals surface area (Å²) in [7, 11) is -3.76. The van der Waals surface area contributed by atoms with E-state index in [0.29, 0.717) is 6.54 Å². The molecule has 29 heavy (non-hydrogen) atoms. The van der Waals surface area contributed by atoms with Crippen LogP contribution in [-0.4, -0.2) is 38.4 Å². The number of amides is 1. The average Bonchev–Trinajstić information content (AvgIpc) is 2.71. The van der Waals surface area contributed by atoms with E-state index in [1.807, 2.05) is 12.1 Å². The summed E-state index contributed by atoms with van der Waals surface area (Å²) >= 11 is 3.27. The number of benzene rings is 2. The Morgan fingerprint density at radius 3 is 2.10 bits per heavy atom. The van der Waals surface area contributed by atoms with Crippen LogP contribution >= 0.6 is 15.9 Å². The summed E-state index contributed by atoms with van der Waals surface area (Å²) in [6.45, 7) is 9.05. The van der Waals surface area contributed by atoms with E-state index in [1.54, 1.807) is 12.1 Å². The predicted molar refractivity (Wildman–Crippen MR) is 119 cm³/mol. The summed E-state index contributed by atoms with van der Waals surface area (Å²) in [6, 6.07) is 13.4. The van der Waals surface area contributed by atoms with Gasteiger partial charge in [-0.05, 0) is 55.4 Å². The first-order chi connectivity index (χ1) is 13.7. The van der Waals surface area contributed by atoms with Crippen molar-refractivity contribution in [1.29, 1.82) is 0 Å². The lowest BCUT2D eigenvalue weighted by Crippen LogP contribution is -2.44. The maximum Gasteiger partial charge on any atom is 0.241 e. The van der Waals surface area contributed by atoms with E-state index in [4.69, 9.17) is 0 Å². The van der Waals surface area contributed by atoms with Gasteiger partial charge in [0, 0.05) is 17.6 Å². The van der Waals surface area contributed by atoms with Gasteiger partial charge in [-0.3, -0.25) is 9.69 Å². The second-order valence-electron chi connectivity index (χ2n) is 6.79. The van der Waals surface area contributed by atoms with Gasteiger partial charge in [0.25, 0.3) is 0 Å². The van der Waals surface area contributed by atoms with Crippen LogP contribution in [0.15, 0.2) is 57.9 Å². The Balaban J connectivity index is 1.89. The summed E-state index contributed by atoms with van der Waals surface area (Å²) in [6.07, 6.45) is 0. The molecule has 1 atom stereocenters. The van der Waals surface area contributed by atoms with Crippen molar-refractivity contribution < 1.29 is 13.2 Å². The Kier molecular flexibility index (Phi) is 8.82. The molecule has 0 heterocycles. The zero-order valence-electron chi connectivity index (χ0n) is 17.0. The van der Waals surface area contributed by atoms with Crippen molar-refractivity contribution in [2.24, 2.45) is 0 Å². The topological polar surface area (TPSA) is 78.5 Å². The molecule has 2 aromatic carbocycles. The molecule has 0 aliphatic carbocycles. The molecule has 158 valence electrons. The molecule has 0 aliphatic heterocycles. The molecule has 2 N–H and O–H groups in total. The third kappa shape index (κ3) is 7.22. The highest BCUT2D eigenvalue weighted by atomic mass is 79.9. The third-order valence-corrected chi connectivity index (χ3v) is 6.72. The van der Waals surface area contributed by atoms with E-state index in [-0.39, 0.29) is 10.8 Å². The van der Waals surface area contributed by atoms with Crippen LogP contribution in [0, 0.1) is 0 Å². The normalized spacial score (nSPS) is 12.7. The lowest BCUT2D eigenvalue weighted by atomic mass is 10.1. The first-order valence-electron chi connectivity index (χ1n) is 9.61. The van der Waals surface area contributed by atoms with E-state index in [9.17, 15) is 13.2 Å². The summed E-state index contributed by atoms with van der Waals surface area (Å²) in [4.78, 5) is 14.8. The molecule has 0 aromatic heterocycles. The Morgan fingerprint density at radius 2 is 1.55 bits per heavy atom. The molecule has 2 aromatic rings. The average molecular weight is 482 g/mol. The number of nitrogens with zero attached hydrogens (tertiary/aromatic N) is 1. The first kappa shape index (κ1) is 23.5. The van der Waals surface area contributed by atoms with Crippen molar-refractivity contribution in [2.45, 2.75) is 44.8 Å². The zero-order chi connectivity index (χ0) is 21.4. The smallest absolute Gasteiger partial charge is 0.241 e. The number of carbonyl (C=O) groups is 1. The number of halogens is 1. The van der Waals surface area contributed by atoms with Gasteiger partial charge in [-0.2, -0.15) is 4.72 Å². The van der Waals surface area contributed by atoms with Gasteiger partial charge in [0.15, 0.2) is 0 Å². The molecule has 0 fully saturated rings. The quantitative estimate of drug-likeness (QED) is 0.545. The van der Waals surface area contributed by atoms with Crippen LogP contribution in [0.25, 0.3) is 0 Å². The van der Waals surface area contributed by atoms with Crippen molar-refractivity contribution >= 4 is 31.9 Å². The second kappa shape index (κ2) is 10.9. The predicted octanol–water partition coefficient (Wildman–Crippen LogP) is 3.27. The van der Waals surface area contributed by atoms with Crippen LogP contribution in [0.5, 0.6) is 0 Å². The number of hydrogen-bond acceptors (Lipinski definition) is 4. The fraction of sp³-hybridized carbons (Fsp3) is 0.381. The number of carbonyl (C=O) groups excluding carboxylic acids is 1. The van der Waals surface area contributed by atoms with Crippen LogP contribution < -0.4 is 10.0 Å². The fourth-order valence-corrected chi connectivity index (χ4v) is 4.25. The van der Waals surface area contributed by atoms with Crippen LogP contribution in [0.1, 0.15) is 31.9 Å². The summed E-state index contributed by atoms with van der Waals surface area (Å²) in [5, 5.41) is 2.78. The lowest BCUT2D eigenvalue weighted by Gasteiger charge is -2.18. The maximum absolute atomic E-state index is 12.4. The molecule has 0 aliphatic rings. The van der Waals surface area contributed by atoms with Crippen molar-refractivity contribution in [1.82, 2.24) is 14.9 Å². The van der Waals surface area contributed by atoms with E-state index >= 15 is 0 Å². The van der Waals surface area contributed by atoms with Gasteiger partial charge in [0.05, 0.1) is 10.9 Å². The highest BCUT2D eigenvalue weighted by molar-refractivity contribution is 9.10. The SMILES string of the molecule is CCN(CC)Cc1ccc(CNC(=O)[C@@H](C)NS(=O)(=O)c2ccc(Br)cc2)cc1. The van der Waals surface area contributed by atoms with E-state index in [2.05, 4.69) is 56.8 Å². The van der Waals surface area contributed by atoms with Crippen molar-refractivity contribution in [3.8, 4) is 0 Å². The zero-order valence-corrected chi connectivity index (χ0v) is 19.4. The molecule has 1 amide bonds. The van der Waals surface area contributed by atoms with Crippen LogP contribution in [-0.2, 0) is 27.9 Å². The van der Waals surface area contributed by atoms with Crippen molar-refractivity contribution in [3.05, 3.63) is 64.1 Å². The van der Waals surface area contributed by atoms with Crippen LogP contribution in [0.2, 0.25) is 0 Å². The minimum atomic E-state index is -3.76. The van der Waals surface area contributed by atoms with Crippen molar-refractivity contribution in [3.63, 3.8) is 0 Å². The molecule has 8 heteroatoms. The van der Waals surface area contributed by atoms with E-state index in [0.717, 1.165) is 29.7 Å². The number of hydrogen-bond donors (Lipinski definition) is 2. The highest BCUT2D eigenvalue weighted by Crippen LogP contribution is 2.15. The molecule has 6 nitrogen and oxygen atoms in total. The minimum Gasteiger partial charge on any atom is -0.351 e. The van der Waals surface area contributed by atoms with Crippen LogP contribution in [0.4, 0.5) is 0 Å². The summed E-state index contributed by atoms with van der Waals surface area (Å²) < 4.78 is 28.0. The lowest BCUT2D eigenvalue weighted by molar-refractivity contribution is -0.122. The Labute approximate surface area is 181 Å². The van der Waals surface area contributed by atoms with Gasteiger partial charge in [0.2, 0.25) is 15.9 Å². The van der Waals surface area contributed by atoms with Gasteiger partial charge in [-0.1, -0.05) is 54.0 Å². The maximum atomic E-state index is 12.4. The molecular weight excluding hydrogens is 454 g/mol. The molecule has 2 rings (SSSR count). The van der Waals surface area contributed by atoms with Crippen LogP contribution in [0.3, 0.4) is 0 Å². The standard InChI is InChI=1S/C21H28BrN3O3S/c1-4-25(5-2)15-18-8-6-17(7-9-18)14-23-21(26)16(3)24-29(27,28)20-12-10-19(22)11-13-20/h6-13,16,24H,4-5,14-15H2,1-3H3,(H,23,26)/t16-/m1/s1. The molecule has 0 unspecified atom stereocenters. The van der Waals surface area contributed by atoms with Gasteiger partial charge < -0.3 is 5.32 Å². The molecule has 0 spiro atoms. The fourth-order valence-electron chi connectivity index (χ4n) is 2.78. The second-order valence-corrected chi connectivity index (χ2v) is 9.42. The highest BCUT2D eigenvalue weighted by Gasteiger charge is 2.21. The van der Waals surface area contributed by atoms with Crippen molar-refractivity contribution in [2.75, 3.05) is 13.1 Å². The first-order valence-corrected chi connectivity index (χ1v) is 11.9. The van der Waals surface area contributed by atoms with E-state index < -0.39 is 16.1 Å². The molecule has 0 bridgehead atoms. The van der Waals surface area contributed by atoms with Gasteiger partial charge in [0.1, 0.15) is 0 Å². The Morgan fingerprint density at radius 1 is 1.00 bits per heavy atom. The van der Waals surface area contributed by atoms with Gasteiger partial charge in [-0.25, -0.2) is 8.42 Å². The largest absolute Gasteiger partial charge is 0.351 e. The Bertz CT molecular complexity index is 896. The minimum absolute atomic E-state index is 0.115. The number of nitrogens with one attached hydrogen (secondary N) is 2. The molecular formula is C21H28BrN3O3S. The summed E-state index contributed by atoms with van der Waals surface area (Å²) in [5.74, 6) is -0.377. The Hall–Kier alpha value is -1.74. The molecule has 0 radical (unpaired) electrons. The monoisotopic (exact) mass is 481 g/mol. The van der Waals surface area contributed by atoms with Gasteiger partial charge >= 0.3 is 0 Å². The number of sulfonamides is 1.